The number of carboxylic acid groups (broad SMARTS) is 1. The molecule has 1 heterocycles. The summed E-state index contributed by atoms with van der Waals surface area (Å²) in [5.74, 6) is -2.86. The Labute approximate surface area is 101 Å². The first-order chi connectivity index (χ1) is 8.58. The van der Waals surface area contributed by atoms with E-state index in [9.17, 15) is 13.6 Å². The van der Waals surface area contributed by atoms with Gasteiger partial charge in [-0.15, -0.1) is 0 Å². The van der Waals surface area contributed by atoms with Gasteiger partial charge in [-0.2, -0.15) is 0 Å². The van der Waals surface area contributed by atoms with Gasteiger partial charge in [0.2, 0.25) is 0 Å². The lowest BCUT2D eigenvalue weighted by atomic mass is 10.2. The first-order valence-corrected chi connectivity index (χ1v) is 4.98. The van der Waals surface area contributed by atoms with E-state index in [-0.39, 0.29) is 17.1 Å². The van der Waals surface area contributed by atoms with E-state index in [0.29, 0.717) is 0 Å². The molecule has 0 saturated carbocycles. The van der Waals surface area contributed by atoms with Crippen molar-refractivity contribution >= 4 is 17.5 Å². The van der Waals surface area contributed by atoms with Crippen molar-refractivity contribution in [2.45, 2.75) is 0 Å². The Balaban J connectivity index is 2.24. The minimum atomic E-state index is -1.11. The molecule has 0 fully saturated rings. The van der Waals surface area contributed by atoms with Crippen LogP contribution in [0.15, 0.2) is 36.5 Å². The highest BCUT2D eigenvalue weighted by atomic mass is 19.2. The Morgan fingerprint density at radius 2 is 2.00 bits per heavy atom. The first kappa shape index (κ1) is 12.0. The largest absolute Gasteiger partial charge is 0.478 e. The number of aromatic carboxylic acids is 1. The maximum Gasteiger partial charge on any atom is 0.337 e. The number of aromatic nitrogens is 1. The average Bonchev–Trinajstić information content (AvgIpc) is 2.36. The van der Waals surface area contributed by atoms with Crippen LogP contribution >= 0.6 is 0 Å². The summed E-state index contributed by atoms with van der Waals surface area (Å²) >= 11 is 0. The quantitative estimate of drug-likeness (QED) is 0.879. The van der Waals surface area contributed by atoms with Crippen molar-refractivity contribution in [3.05, 3.63) is 53.7 Å². The SMILES string of the molecule is O=C(O)c1ccc(Nc2cccc(F)c2F)nc1. The predicted octanol–water partition coefficient (Wildman–Crippen LogP) is 2.80. The summed E-state index contributed by atoms with van der Waals surface area (Å²) in [7, 11) is 0. The third-order valence-corrected chi connectivity index (χ3v) is 2.22. The van der Waals surface area contributed by atoms with Crippen LogP contribution in [0.25, 0.3) is 0 Å². The fourth-order valence-corrected chi connectivity index (χ4v) is 1.33. The summed E-state index contributed by atoms with van der Waals surface area (Å²) in [5, 5.41) is 11.2. The molecule has 0 bridgehead atoms. The number of carbonyl (C=O) groups is 1. The van der Waals surface area contributed by atoms with Crippen molar-refractivity contribution in [3.63, 3.8) is 0 Å². The molecule has 2 N–H and O–H groups in total. The third kappa shape index (κ3) is 2.42. The number of carboxylic acids is 1. The van der Waals surface area contributed by atoms with Gasteiger partial charge in [-0.3, -0.25) is 0 Å². The van der Waals surface area contributed by atoms with Crippen molar-refractivity contribution in [2.24, 2.45) is 0 Å². The van der Waals surface area contributed by atoms with Gasteiger partial charge < -0.3 is 10.4 Å². The van der Waals surface area contributed by atoms with Crippen LogP contribution in [-0.4, -0.2) is 16.1 Å². The highest BCUT2D eigenvalue weighted by molar-refractivity contribution is 5.87. The Bertz CT molecular complexity index is 585. The topological polar surface area (TPSA) is 62.2 Å². The number of halogens is 2. The lowest BCUT2D eigenvalue weighted by Gasteiger charge is -2.07. The maximum atomic E-state index is 13.3. The molecule has 0 spiro atoms. The zero-order valence-electron chi connectivity index (χ0n) is 9.02. The normalized spacial score (nSPS) is 10.1. The molecule has 18 heavy (non-hydrogen) atoms. The summed E-state index contributed by atoms with van der Waals surface area (Å²) in [6.07, 6.45) is 1.13. The molecule has 0 aliphatic heterocycles. The Hall–Kier alpha value is -2.50. The second-order valence-electron chi connectivity index (χ2n) is 3.46. The molecule has 2 aromatic rings. The number of rotatable bonds is 3. The maximum absolute atomic E-state index is 13.3. The van der Waals surface area contributed by atoms with E-state index in [4.69, 9.17) is 5.11 Å². The zero-order valence-corrected chi connectivity index (χ0v) is 9.02. The third-order valence-electron chi connectivity index (χ3n) is 2.22. The fourth-order valence-electron chi connectivity index (χ4n) is 1.33. The number of hydrogen-bond donors (Lipinski definition) is 2. The molecule has 92 valence electrons. The van der Waals surface area contributed by atoms with Crippen LogP contribution in [0.3, 0.4) is 0 Å². The zero-order chi connectivity index (χ0) is 13.1. The van der Waals surface area contributed by atoms with Crippen LogP contribution in [0.4, 0.5) is 20.3 Å². The second-order valence-corrected chi connectivity index (χ2v) is 3.46. The summed E-state index contributed by atoms with van der Waals surface area (Å²) in [6.45, 7) is 0. The standard InChI is InChI=1S/C12H8F2N2O2/c13-8-2-1-3-9(11(8)14)16-10-5-4-7(6-15-10)12(17)18/h1-6H,(H,15,16)(H,17,18). The minimum absolute atomic E-state index is 0.0141. The number of nitrogens with one attached hydrogen (secondary N) is 1. The summed E-state index contributed by atoms with van der Waals surface area (Å²) < 4.78 is 26.3. The van der Waals surface area contributed by atoms with E-state index in [1.54, 1.807) is 0 Å². The molecule has 2 rings (SSSR count). The van der Waals surface area contributed by atoms with Gasteiger partial charge in [0, 0.05) is 6.20 Å². The molecule has 0 radical (unpaired) electrons. The van der Waals surface area contributed by atoms with Crippen molar-refractivity contribution in [1.82, 2.24) is 4.98 Å². The summed E-state index contributed by atoms with van der Waals surface area (Å²) in [5.41, 5.74) is -0.0501. The van der Waals surface area contributed by atoms with E-state index < -0.39 is 17.6 Å². The van der Waals surface area contributed by atoms with Crippen LogP contribution in [0.2, 0.25) is 0 Å². The number of hydrogen-bond acceptors (Lipinski definition) is 3. The molecule has 0 aliphatic rings. The van der Waals surface area contributed by atoms with Gasteiger partial charge in [-0.1, -0.05) is 6.07 Å². The van der Waals surface area contributed by atoms with Crippen LogP contribution in [0, 0.1) is 11.6 Å². The first-order valence-electron chi connectivity index (χ1n) is 4.98. The Morgan fingerprint density at radius 3 is 2.61 bits per heavy atom. The van der Waals surface area contributed by atoms with Gasteiger partial charge >= 0.3 is 5.97 Å². The molecular weight excluding hydrogens is 242 g/mol. The van der Waals surface area contributed by atoms with Gasteiger partial charge in [0.05, 0.1) is 11.3 Å². The van der Waals surface area contributed by atoms with Crippen LogP contribution in [0.5, 0.6) is 0 Å². The molecule has 0 unspecified atom stereocenters. The minimum Gasteiger partial charge on any atom is -0.478 e. The van der Waals surface area contributed by atoms with Crippen molar-refractivity contribution in [3.8, 4) is 0 Å². The monoisotopic (exact) mass is 250 g/mol. The molecule has 6 heteroatoms. The molecule has 0 aliphatic carbocycles. The molecule has 1 aromatic heterocycles. The molecule has 1 aromatic carbocycles. The van der Waals surface area contributed by atoms with Crippen molar-refractivity contribution in [2.75, 3.05) is 5.32 Å². The fraction of sp³-hybridized carbons (Fsp3) is 0. The van der Waals surface area contributed by atoms with Crippen molar-refractivity contribution < 1.29 is 18.7 Å². The lowest BCUT2D eigenvalue weighted by Crippen LogP contribution is -2.01. The lowest BCUT2D eigenvalue weighted by molar-refractivity contribution is 0.0696. The molecule has 0 amide bonds. The molecule has 0 atom stereocenters. The number of pyridine rings is 1. The van der Waals surface area contributed by atoms with E-state index in [1.165, 1.54) is 24.3 Å². The van der Waals surface area contributed by atoms with Crippen LogP contribution in [-0.2, 0) is 0 Å². The van der Waals surface area contributed by atoms with Gasteiger partial charge in [-0.05, 0) is 24.3 Å². The number of nitrogens with zero attached hydrogens (tertiary/aromatic N) is 1. The van der Waals surface area contributed by atoms with E-state index in [2.05, 4.69) is 10.3 Å². The van der Waals surface area contributed by atoms with Crippen LogP contribution in [0.1, 0.15) is 10.4 Å². The van der Waals surface area contributed by atoms with Gasteiger partial charge in [-0.25, -0.2) is 18.6 Å². The van der Waals surface area contributed by atoms with Gasteiger partial charge in [0.25, 0.3) is 0 Å². The van der Waals surface area contributed by atoms with E-state index in [0.717, 1.165) is 12.3 Å². The Morgan fingerprint density at radius 1 is 1.22 bits per heavy atom. The summed E-state index contributed by atoms with van der Waals surface area (Å²) in [4.78, 5) is 14.4. The Kier molecular flexibility index (Phi) is 3.18. The smallest absolute Gasteiger partial charge is 0.337 e. The number of benzene rings is 1. The number of anilines is 2. The summed E-state index contributed by atoms with van der Waals surface area (Å²) in [6, 6.07) is 6.39. The average molecular weight is 250 g/mol. The highest BCUT2D eigenvalue weighted by Gasteiger charge is 2.08. The van der Waals surface area contributed by atoms with Crippen LogP contribution < -0.4 is 5.32 Å². The second kappa shape index (κ2) is 4.79. The molecule has 0 saturated heterocycles. The van der Waals surface area contributed by atoms with E-state index in [1.807, 2.05) is 0 Å². The van der Waals surface area contributed by atoms with Gasteiger partial charge in [0.15, 0.2) is 11.6 Å². The van der Waals surface area contributed by atoms with Crippen molar-refractivity contribution in [1.29, 1.82) is 0 Å². The predicted molar refractivity (Wildman–Crippen MR) is 60.8 cm³/mol. The highest BCUT2D eigenvalue weighted by Crippen LogP contribution is 2.20. The van der Waals surface area contributed by atoms with E-state index >= 15 is 0 Å². The molecular formula is C12H8F2N2O2. The van der Waals surface area contributed by atoms with Gasteiger partial charge in [0.1, 0.15) is 5.82 Å². The molecule has 4 nitrogen and oxygen atoms in total.